The minimum atomic E-state index is 0.350. The van der Waals surface area contributed by atoms with Crippen LogP contribution in [0.1, 0.15) is 44.9 Å². The molecule has 0 radical (unpaired) electrons. The lowest BCUT2D eigenvalue weighted by atomic mass is 9.69. The van der Waals surface area contributed by atoms with E-state index in [1.165, 1.54) is 51.6 Å². The highest BCUT2D eigenvalue weighted by Gasteiger charge is 2.39. The summed E-state index contributed by atoms with van der Waals surface area (Å²) in [6.45, 7) is 2.85. The number of rotatable bonds is 5. The maximum absolute atomic E-state index is 9.13. The molecule has 0 aromatic carbocycles. The molecule has 3 heteroatoms. The first-order chi connectivity index (χ1) is 7.79. The molecule has 0 bridgehead atoms. The van der Waals surface area contributed by atoms with Crippen LogP contribution in [-0.2, 0) is 0 Å². The molecule has 1 saturated heterocycles. The second-order valence-electron chi connectivity index (χ2n) is 5.62. The minimum absolute atomic E-state index is 0.350. The van der Waals surface area contributed by atoms with Gasteiger partial charge in [-0.05, 0) is 44.1 Å². The summed E-state index contributed by atoms with van der Waals surface area (Å²) in [5, 5.41) is 10.3. The number of nitrogens with zero attached hydrogens (tertiary/aromatic N) is 1. The van der Waals surface area contributed by atoms with Crippen LogP contribution in [0, 0.1) is 5.41 Å². The second-order valence-corrected chi connectivity index (χ2v) is 6.18. The van der Waals surface area contributed by atoms with Gasteiger partial charge in [-0.3, -0.25) is 4.90 Å². The maximum Gasteiger partial charge on any atom is 0.0445 e. The number of aliphatic hydroxyl groups excluding tert-OH is 1. The van der Waals surface area contributed by atoms with Crippen LogP contribution in [0.3, 0.4) is 0 Å². The zero-order chi connectivity index (χ0) is 11.4. The maximum atomic E-state index is 9.13. The largest absolute Gasteiger partial charge is 0.396 e. The van der Waals surface area contributed by atoms with Crippen molar-refractivity contribution in [3.05, 3.63) is 0 Å². The molecule has 1 atom stereocenters. The highest BCUT2D eigenvalue weighted by molar-refractivity contribution is 9.09. The van der Waals surface area contributed by atoms with E-state index in [1.54, 1.807) is 0 Å². The van der Waals surface area contributed by atoms with Crippen LogP contribution in [0.15, 0.2) is 0 Å². The Hall–Kier alpha value is 0.400. The van der Waals surface area contributed by atoms with E-state index in [9.17, 15) is 0 Å². The highest BCUT2D eigenvalue weighted by Crippen LogP contribution is 2.44. The molecule has 2 rings (SSSR count). The van der Waals surface area contributed by atoms with E-state index in [-0.39, 0.29) is 0 Å². The van der Waals surface area contributed by atoms with E-state index in [1.807, 2.05) is 0 Å². The molecule has 1 aliphatic heterocycles. The Morgan fingerprint density at radius 1 is 1.25 bits per heavy atom. The molecule has 0 amide bonds. The van der Waals surface area contributed by atoms with Gasteiger partial charge in [0.25, 0.3) is 0 Å². The van der Waals surface area contributed by atoms with Gasteiger partial charge in [-0.25, -0.2) is 0 Å². The predicted molar refractivity (Wildman–Crippen MR) is 71.0 cm³/mol. The lowest BCUT2D eigenvalue weighted by molar-refractivity contribution is 0.0375. The van der Waals surface area contributed by atoms with Gasteiger partial charge in [0.1, 0.15) is 0 Å². The summed E-state index contributed by atoms with van der Waals surface area (Å²) in [4.78, 5) is 2.65. The van der Waals surface area contributed by atoms with Crippen molar-refractivity contribution in [1.29, 1.82) is 0 Å². The van der Waals surface area contributed by atoms with Crippen LogP contribution >= 0.6 is 15.9 Å². The SMILES string of the molecule is OCCC1CCCCN1CC1(CBr)CCC1. The van der Waals surface area contributed by atoms with Gasteiger partial charge in [0, 0.05) is 24.5 Å². The molecule has 16 heavy (non-hydrogen) atoms. The van der Waals surface area contributed by atoms with Crippen molar-refractivity contribution in [2.45, 2.75) is 51.0 Å². The van der Waals surface area contributed by atoms with E-state index in [4.69, 9.17) is 5.11 Å². The number of aliphatic hydroxyl groups is 1. The fourth-order valence-corrected chi connectivity index (χ4v) is 3.92. The van der Waals surface area contributed by atoms with Gasteiger partial charge < -0.3 is 5.11 Å². The average Bonchev–Trinajstić information content (AvgIpc) is 2.26. The number of hydrogen-bond acceptors (Lipinski definition) is 2. The van der Waals surface area contributed by atoms with Gasteiger partial charge in [0.2, 0.25) is 0 Å². The van der Waals surface area contributed by atoms with Crippen molar-refractivity contribution in [3.8, 4) is 0 Å². The molecule has 2 aliphatic rings. The zero-order valence-electron chi connectivity index (χ0n) is 10.1. The number of likely N-dealkylation sites (tertiary alicyclic amines) is 1. The standard InChI is InChI=1S/C13H24BrNO/c14-10-13(6-3-7-13)11-15-8-2-1-4-12(15)5-9-16/h12,16H,1-11H2. The monoisotopic (exact) mass is 289 g/mol. The molecule has 1 unspecified atom stereocenters. The zero-order valence-corrected chi connectivity index (χ0v) is 11.7. The molecule has 1 aliphatic carbocycles. The Morgan fingerprint density at radius 2 is 2.06 bits per heavy atom. The molecule has 0 spiro atoms. The number of hydrogen-bond donors (Lipinski definition) is 1. The topological polar surface area (TPSA) is 23.5 Å². The highest BCUT2D eigenvalue weighted by atomic mass is 79.9. The number of piperidine rings is 1. The summed E-state index contributed by atoms with van der Waals surface area (Å²) >= 11 is 3.69. The fraction of sp³-hybridized carbons (Fsp3) is 1.00. The Labute approximate surface area is 108 Å². The van der Waals surface area contributed by atoms with Crippen molar-refractivity contribution in [2.24, 2.45) is 5.41 Å². The van der Waals surface area contributed by atoms with Gasteiger partial charge >= 0.3 is 0 Å². The van der Waals surface area contributed by atoms with Crippen molar-refractivity contribution in [1.82, 2.24) is 4.90 Å². The lowest BCUT2D eigenvalue weighted by Crippen LogP contribution is -2.49. The lowest BCUT2D eigenvalue weighted by Gasteiger charge is -2.47. The first kappa shape index (κ1) is 12.8. The van der Waals surface area contributed by atoms with Crippen molar-refractivity contribution < 1.29 is 5.11 Å². The van der Waals surface area contributed by atoms with Crippen LogP contribution in [0.5, 0.6) is 0 Å². The third-order valence-electron chi connectivity index (χ3n) is 4.45. The van der Waals surface area contributed by atoms with E-state index in [0.717, 1.165) is 11.8 Å². The summed E-state index contributed by atoms with van der Waals surface area (Å²) in [6.07, 6.45) is 9.14. The van der Waals surface area contributed by atoms with Gasteiger partial charge in [0.15, 0.2) is 0 Å². The van der Waals surface area contributed by atoms with Gasteiger partial charge in [0.05, 0.1) is 0 Å². The quantitative estimate of drug-likeness (QED) is 0.787. The second kappa shape index (κ2) is 5.83. The van der Waals surface area contributed by atoms with Crippen molar-refractivity contribution in [2.75, 3.05) is 25.0 Å². The summed E-state index contributed by atoms with van der Waals surface area (Å²) in [7, 11) is 0. The first-order valence-corrected chi connectivity index (χ1v) is 7.83. The molecular formula is C13H24BrNO. The average molecular weight is 290 g/mol. The Kier molecular flexibility index (Phi) is 4.68. The normalized spacial score (nSPS) is 30.0. The summed E-state index contributed by atoms with van der Waals surface area (Å²) in [5.74, 6) is 0. The van der Waals surface area contributed by atoms with Crippen LogP contribution in [0.4, 0.5) is 0 Å². The Balaban J connectivity index is 1.89. The Morgan fingerprint density at radius 3 is 2.62 bits per heavy atom. The number of alkyl halides is 1. The molecule has 94 valence electrons. The van der Waals surface area contributed by atoms with Crippen LogP contribution < -0.4 is 0 Å². The van der Waals surface area contributed by atoms with Gasteiger partial charge in [-0.1, -0.05) is 28.8 Å². The molecule has 0 aromatic heterocycles. The third-order valence-corrected chi connectivity index (χ3v) is 5.64. The minimum Gasteiger partial charge on any atom is -0.396 e. The van der Waals surface area contributed by atoms with E-state index in [0.29, 0.717) is 18.1 Å². The number of halogens is 1. The van der Waals surface area contributed by atoms with Crippen LogP contribution in [0.2, 0.25) is 0 Å². The third kappa shape index (κ3) is 2.80. The van der Waals surface area contributed by atoms with Crippen molar-refractivity contribution in [3.63, 3.8) is 0 Å². The first-order valence-electron chi connectivity index (χ1n) is 6.70. The summed E-state index contributed by atoms with van der Waals surface area (Å²) in [6, 6.07) is 0.648. The van der Waals surface area contributed by atoms with E-state index >= 15 is 0 Å². The summed E-state index contributed by atoms with van der Waals surface area (Å²) in [5.41, 5.74) is 0.561. The predicted octanol–water partition coefficient (Wildman–Crippen LogP) is 2.79. The van der Waals surface area contributed by atoms with E-state index in [2.05, 4.69) is 20.8 Å². The molecule has 1 saturated carbocycles. The van der Waals surface area contributed by atoms with Gasteiger partial charge in [-0.15, -0.1) is 0 Å². The smallest absolute Gasteiger partial charge is 0.0445 e. The fourth-order valence-electron chi connectivity index (χ4n) is 3.19. The van der Waals surface area contributed by atoms with Crippen molar-refractivity contribution >= 4 is 15.9 Å². The van der Waals surface area contributed by atoms with E-state index < -0.39 is 0 Å². The molecule has 2 fully saturated rings. The van der Waals surface area contributed by atoms with Crippen LogP contribution in [-0.4, -0.2) is 41.1 Å². The van der Waals surface area contributed by atoms with Crippen LogP contribution in [0.25, 0.3) is 0 Å². The molecule has 0 aromatic rings. The van der Waals surface area contributed by atoms with Gasteiger partial charge in [-0.2, -0.15) is 0 Å². The molecule has 2 nitrogen and oxygen atoms in total. The molecule has 1 N–H and O–H groups in total. The Bertz CT molecular complexity index is 210. The molecular weight excluding hydrogens is 266 g/mol. The molecule has 1 heterocycles. The summed E-state index contributed by atoms with van der Waals surface area (Å²) < 4.78 is 0.